The van der Waals surface area contributed by atoms with Crippen LogP contribution in [0.4, 0.5) is 4.39 Å². The molecule has 2 atom stereocenters. The van der Waals surface area contributed by atoms with Gasteiger partial charge in [-0.3, -0.25) is 0 Å². The van der Waals surface area contributed by atoms with Crippen LogP contribution in [-0.2, 0) is 10.0 Å². The van der Waals surface area contributed by atoms with Crippen LogP contribution in [0.25, 0.3) is 0 Å². The van der Waals surface area contributed by atoms with Crippen LogP contribution in [0.3, 0.4) is 0 Å². The maximum Gasteiger partial charge on any atom is 0.211 e. The van der Waals surface area contributed by atoms with Gasteiger partial charge < -0.3 is 5.73 Å². The van der Waals surface area contributed by atoms with Crippen molar-refractivity contribution in [1.29, 1.82) is 0 Å². The molecule has 118 valence electrons. The molecule has 4 nitrogen and oxygen atoms in total. The largest absolute Gasteiger partial charge is 0.330 e. The van der Waals surface area contributed by atoms with E-state index in [0.29, 0.717) is 25.2 Å². The minimum atomic E-state index is -3.15. The fourth-order valence-electron chi connectivity index (χ4n) is 3.08. The number of hydrogen-bond acceptors (Lipinski definition) is 3. The third-order valence-corrected chi connectivity index (χ3v) is 5.47. The van der Waals surface area contributed by atoms with E-state index in [0.717, 1.165) is 19.3 Å². The third kappa shape index (κ3) is 4.25. The van der Waals surface area contributed by atoms with Gasteiger partial charge in [0.1, 0.15) is 5.82 Å². The maximum absolute atomic E-state index is 13.9. The highest BCUT2D eigenvalue weighted by Crippen LogP contribution is 2.30. The molecule has 6 heteroatoms. The van der Waals surface area contributed by atoms with Crippen molar-refractivity contribution in [2.24, 2.45) is 11.7 Å². The van der Waals surface area contributed by atoms with Crippen molar-refractivity contribution in [3.05, 3.63) is 35.6 Å². The van der Waals surface area contributed by atoms with Gasteiger partial charge in [0.2, 0.25) is 10.0 Å². The van der Waals surface area contributed by atoms with Gasteiger partial charge in [0, 0.05) is 13.1 Å². The molecule has 0 aromatic heterocycles. The standard InChI is InChI=1S/C15H23FN2O2S/c1-21(19,20)18-8-4-5-12(11-18)9-13(10-17)14-6-2-3-7-15(14)16/h2-3,6-7,12-13H,4-5,8-11,17H2,1H3. The second kappa shape index (κ2) is 6.85. The number of nitrogens with zero attached hydrogens (tertiary/aromatic N) is 1. The van der Waals surface area contributed by atoms with E-state index in [1.54, 1.807) is 12.1 Å². The van der Waals surface area contributed by atoms with Crippen LogP contribution in [0.1, 0.15) is 30.7 Å². The molecule has 0 amide bonds. The monoisotopic (exact) mass is 314 g/mol. The van der Waals surface area contributed by atoms with Gasteiger partial charge in [-0.05, 0) is 49.3 Å². The minimum Gasteiger partial charge on any atom is -0.330 e. The van der Waals surface area contributed by atoms with Gasteiger partial charge >= 0.3 is 0 Å². The Bertz CT molecular complexity index is 577. The predicted molar refractivity (Wildman–Crippen MR) is 82.0 cm³/mol. The highest BCUT2D eigenvalue weighted by Gasteiger charge is 2.28. The molecule has 1 heterocycles. The summed E-state index contributed by atoms with van der Waals surface area (Å²) in [6, 6.07) is 6.69. The number of hydrogen-bond donors (Lipinski definition) is 1. The number of rotatable bonds is 5. The summed E-state index contributed by atoms with van der Waals surface area (Å²) in [6.07, 6.45) is 3.79. The lowest BCUT2D eigenvalue weighted by molar-refractivity contribution is 0.246. The van der Waals surface area contributed by atoms with Crippen molar-refractivity contribution < 1.29 is 12.8 Å². The van der Waals surface area contributed by atoms with Crippen LogP contribution in [0, 0.1) is 11.7 Å². The van der Waals surface area contributed by atoms with Crippen LogP contribution >= 0.6 is 0 Å². The van der Waals surface area contributed by atoms with Crippen LogP contribution in [-0.4, -0.2) is 38.6 Å². The quantitative estimate of drug-likeness (QED) is 0.903. The summed E-state index contributed by atoms with van der Waals surface area (Å²) >= 11 is 0. The van der Waals surface area contributed by atoms with Gasteiger partial charge in [-0.25, -0.2) is 17.1 Å². The molecule has 1 saturated heterocycles. The smallest absolute Gasteiger partial charge is 0.211 e. The zero-order valence-electron chi connectivity index (χ0n) is 12.3. The second-order valence-electron chi connectivity index (χ2n) is 5.82. The summed E-state index contributed by atoms with van der Waals surface area (Å²) in [7, 11) is -3.15. The molecule has 1 aliphatic heterocycles. The fourth-order valence-corrected chi connectivity index (χ4v) is 4.02. The lowest BCUT2D eigenvalue weighted by atomic mass is 9.85. The predicted octanol–water partition coefficient (Wildman–Crippen LogP) is 1.93. The van der Waals surface area contributed by atoms with E-state index in [-0.39, 0.29) is 17.7 Å². The summed E-state index contributed by atoms with van der Waals surface area (Å²) in [5.74, 6) is -0.0546. The Labute approximate surface area is 126 Å². The summed E-state index contributed by atoms with van der Waals surface area (Å²) in [5, 5.41) is 0. The summed E-state index contributed by atoms with van der Waals surface area (Å²) in [5.41, 5.74) is 6.45. The molecule has 21 heavy (non-hydrogen) atoms. The molecule has 2 rings (SSSR count). The summed E-state index contributed by atoms with van der Waals surface area (Å²) in [4.78, 5) is 0. The van der Waals surface area contributed by atoms with Crippen molar-refractivity contribution in [3.8, 4) is 0 Å². The zero-order valence-corrected chi connectivity index (χ0v) is 13.2. The van der Waals surface area contributed by atoms with Crippen LogP contribution < -0.4 is 5.73 Å². The van der Waals surface area contributed by atoms with E-state index in [2.05, 4.69) is 0 Å². The fraction of sp³-hybridized carbons (Fsp3) is 0.600. The van der Waals surface area contributed by atoms with Crippen molar-refractivity contribution >= 4 is 10.0 Å². The molecule has 0 bridgehead atoms. The van der Waals surface area contributed by atoms with Crippen molar-refractivity contribution in [1.82, 2.24) is 4.31 Å². The van der Waals surface area contributed by atoms with E-state index >= 15 is 0 Å². The molecule has 1 fully saturated rings. The number of nitrogens with two attached hydrogens (primary N) is 1. The lowest BCUT2D eigenvalue weighted by Gasteiger charge is -2.33. The van der Waals surface area contributed by atoms with Crippen molar-refractivity contribution in [2.45, 2.75) is 25.2 Å². The van der Waals surface area contributed by atoms with Gasteiger partial charge in [0.15, 0.2) is 0 Å². The molecular formula is C15H23FN2O2S. The van der Waals surface area contributed by atoms with E-state index in [9.17, 15) is 12.8 Å². The van der Waals surface area contributed by atoms with Crippen LogP contribution in [0.2, 0.25) is 0 Å². The van der Waals surface area contributed by atoms with E-state index in [4.69, 9.17) is 5.73 Å². The van der Waals surface area contributed by atoms with E-state index < -0.39 is 10.0 Å². The first-order chi connectivity index (χ1) is 9.91. The number of benzene rings is 1. The van der Waals surface area contributed by atoms with E-state index in [1.807, 2.05) is 6.07 Å². The Hall–Kier alpha value is -0.980. The maximum atomic E-state index is 13.9. The van der Waals surface area contributed by atoms with E-state index in [1.165, 1.54) is 16.6 Å². The highest BCUT2D eigenvalue weighted by molar-refractivity contribution is 7.88. The Morgan fingerprint density at radius 3 is 2.76 bits per heavy atom. The first-order valence-electron chi connectivity index (χ1n) is 7.31. The molecule has 0 saturated carbocycles. The Kier molecular flexibility index (Phi) is 5.35. The van der Waals surface area contributed by atoms with Gasteiger partial charge in [0.05, 0.1) is 6.26 Å². The normalized spacial score (nSPS) is 22.1. The van der Waals surface area contributed by atoms with Crippen LogP contribution in [0.15, 0.2) is 24.3 Å². The van der Waals surface area contributed by atoms with Crippen molar-refractivity contribution in [3.63, 3.8) is 0 Å². The lowest BCUT2D eigenvalue weighted by Crippen LogP contribution is -2.40. The first kappa shape index (κ1) is 16.4. The molecule has 0 aliphatic carbocycles. The summed E-state index contributed by atoms with van der Waals surface area (Å²) in [6.45, 7) is 1.47. The molecule has 0 radical (unpaired) electrons. The molecule has 1 aromatic carbocycles. The van der Waals surface area contributed by atoms with Crippen molar-refractivity contribution in [2.75, 3.05) is 25.9 Å². The number of sulfonamides is 1. The third-order valence-electron chi connectivity index (χ3n) is 4.20. The molecule has 1 aromatic rings. The Balaban J connectivity index is 2.07. The topological polar surface area (TPSA) is 63.4 Å². The highest BCUT2D eigenvalue weighted by atomic mass is 32.2. The molecule has 2 N–H and O–H groups in total. The van der Waals surface area contributed by atoms with Gasteiger partial charge in [-0.1, -0.05) is 18.2 Å². The van der Waals surface area contributed by atoms with Gasteiger partial charge in [-0.2, -0.15) is 0 Å². The number of halogens is 1. The van der Waals surface area contributed by atoms with Crippen LogP contribution in [0.5, 0.6) is 0 Å². The van der Waals surface area contributed by atoms with Gasteiger partial charge in [-0.15, -0.1) is 0 Å². The average Bonchev–Trinajstić information content (AvgIpc) is 2.45. The number of piperidine rings is 1. The molecule has 0 spiro atoms. The average molecular weight is 314 g/mol. The SMILES string of the molecule is CS(=O)(=O)N1CCCC(CC(CN)c2ccccc2F)C1. The molecule has 1 aliphatic rings. The minimum absolute atomic E-state index is 0.0595. The molecule has 2 unspecified atom stereocenters. The second-order valence-corrected chi connectivity index (χ2v) is 7.80. The Morgan fingerprint density at radius 2 is 2.14 bits per heavy atom. The first-order valence-corrected chi connectivity index (χ1v) is 9.16. The molecular weight excluding hydrogens is 291 g/mol. The summed E-state index contributed by atoms with van der Waals surface area (Å²) < 4.78 is 38.7. The van der Waals surface area contributed by atoms with Gasteiger partial charge in [0.25, 0.3) is 0 Å². The Morgan fingerprint density at radius 1 is 1.43 bits per heavy atom. The zero-order chi connectivity index (χ0) is 15.5.